The van der Waals surface area contributed by atoms with E-state index < -0.39 is 0 Å². The Bertz CT molecular complexity index is 584. The first-order valence-corrected chi connectivity index (χ1v) is 8.17. The monoisotopic (exact) mass is 304 g/mol. The molecule has 2 rings (SSSR count). The van der Waals surface area contributed by atoms with Gasteiger partial charge in [-0.25, -0.2) is 4.39 Å². The van der Waals surface area contributed by atoms with Gasteiger partial charge in [0, 0.05) is 34.9 Å². The van der Waals surface area contributed by atoms with Gasteiger partial charge in [0.05, 0.1) is 0 Å². The number of hydrogen-bond acceptors (Lipinski definition) is 3. The van der Waals surface area contributed by atoms with Gasteiger partial charge in [-0.15, -0.1) is 11.8 Å². The van der Waals surface area contributed by atoms with Crippen molar-refractivity contribution >= 4 is 23.1 Å². The standard InChI is InChI=1S/C17H21FN2S/c1-3-20(14-10-8-13(18)9-11-14)16-6-5-7-17(21-4-2)15(16)12-19/h5-11H,3-4,12,19H2,1-2H3. The van der Waals surface area contributed by atoms with Gasteiger partial charge < -0.3 is 10.6 Å². The first kappa shape index (κ1) is 15.9. The lowest BCUT2D eigenvalue weighted by molar-refractivity contribution is 0.628. The minimum Gasteiger partial charge on any atom is -0.341 e. The van der Waals surface area contributed by atoms with Gasteiger partial charge >= 0.3 is 0 Å². The van der Waals surface area contributed by atoms with Crippen LogP contribution in [0, 0.1) is 5.82 Å². The summed E-state index contributed by atoms with van der Waals surface area (Å²) in [5.41, 5.74) is 9.21. The Labute approximate surface area is 130 Å². The summed E-state index contributed by atoms with van der Waals surface area (Å²) in [4.78, 5) is 3.39. The van der Waals surface area contributed by atoms with Gasteiger partial charge in [-0.2, -0.15) is 0 Å². The van der Waals surface area contributed by atoms with Crippen molar-refractivity contribution in [3.8, 4) is 0 Å². The molecule has 0 saturated heterocycles. The first-order chi connectivity index (χ1) is 10.2. The molecular weight excluding hydrogens is 283 g/mol. The first-order valence-electron chi connectivity index (χ1n) is 7.19. The van der Waals surface area contributed by atoms with Crippen molar-refractivity contribution in [2.45, 2.75) is 25.3 Å². The van der Waals surface area contributed by atoms with Crippen molar-refractivity contribution in [2.75, 3.05) is 17.2 Å². The van der Waals surface area contributed by atoms with E-state index in [4.69, 9.17) is 5.73 Å². The molecule has 0 radical (unpaired) electrons. The fourth-order valence-corrected chi connectivity index (χ4v) is 3.26. The van der Waals surface area contributed by atoms with Crippen LogP contribution in [-0.2, 0) is 6.54 Å². The molecule has 0 aliphatic rings. The van der Waals surface area contributed by atoms with Crippen LogP contribution in [0.2, 0.25) is 0 Å². The number of nitrogens with zero attached hydrogens (tertiary/aromatic N) is 1. The van der Waals surface area contributed by atoms with Crippen LogP contribution in [0.3, 0.4) is 0 Å². The van der Waals surface area contributed by atoms with Crippen LogP contribution in [0.15, 0.2) is 47.4 Å². The summed E-state index contributed by atoms with van der Waals surface area (Å²) in [5, 5.41) is 0. The smallest absolute Gasteiger partial charge is 0.123 e. The van der Waals surface area contributed by atoms with Crippen molar-refractivity contribution in [3.05, 3.63) is 53.8 Å². The molecule has 21 heavy (non-hydrogen) atoms. The number of anilines is 2. The van der Waals surface area contributed by atoms with Crippen LogP contribution in [0.4, 0.5) is 15.8 Å². The highest BCUT2D eigenvalue weighted by molar-refractivity contribution is 7.99. The molecule has 0 amide bonds. The Morgan fingerprint density at radius 3 is 2.38 bits per heavy atom. The Balaban J connectivity index is 2.46. The van der Waals surface area contributed by atoms with E-state index in [0.29, 0.717) is 6.54 Å². The van der Waals surface area contributed by atoms with Crippen molar-refractivity contribution in [3.63, 3.8) is 0 Å². The van der Waals surface area contributed by atoms with E-state index in [2.05, 4.69) is 36.9 Å². The third-order valence-corrected chi connectivity index (χ3v) is 4.34. The van der Waals surface area contributed by atoms with E-state index in [0.717, 1.165) is 29.2 Å². The average molecular weight is 304 g/mol. The number of hydrogen-bond donors (Lipinski definition) is 1. The minimum absolute atomic E-state index is 0.218. The predicted octanol–water partition coefficient (Wildman–Crippen LogP) is 4.55. The molecule has 0 spiro atoms. The maximum absolute atomic E-state index is 13.1. The topological polar surface area (TPSA) is 29.3 Å². The largest absolute Gasteiger partial charge is 0.341 e. The van der Waals surface area contributed by atoms with Crippen LogP contribution < -0.4 is 10.6 Å². The lowest BCUT2D eigenvalue weighted by Gasteiger charge is -2.27. The van der Waals surface area contributed by atoms with Crippen molar-refractivity contribution in [2.24, 2.45) is 5.73 Å². The summed E-state index contributed by atoms with van der Waals surface area (Å²) in [6.45, 7) is 5.52. The minimum atomic E-state index is -0.218. The van der Waals surface area contributed by atoms with Gasteiger partial charge in [-0.05, 0) is 49.1 Å². The molecule has 0 bridgehead atoms. The van der Waals surface area contributed by atoms with Crippen LogP contribution in [0.1, 0.15) is 19.4 Å². The normalized spacial score (nSPS) is 10.7. The Morgan fingerprint density at radius 2 is 1.81 bits per heavy atom. The molecule has 0 aliphatic carbocycles. The molecule has 2 nitrogen and oxygen atoms in total. The summed E-state index contributed by atoms with van der Waals surface area (Å²) < 4.78 is 13.1. The molecule has 4 heteroatoms. The maximum atomic E-state index is 13.1. The van der Waals surface area contributed by atoms with Crippen molar-refractivity contribution < 1.29 is 4.39 Å². The zero-order valence-electron chi connectivity index (χ0n) is 12.5. The fourth-order valence-electron chi connectivity index (χ4n) is 2.42. The van der Waals surface area contributed by atoms with E-state index in [1.807, 2.05) is 0 Å². The molecule has 0 aliphatic heterocycles. The Morgan fingerprint density at radius 1 is 1.10 bits per heavy atom. The molecule has 2 N–H and O–H groups in total. The second-order valence-electron chi connectivity index (χ2n) is 4.61. The molecule has 0 saturated carbocycles. The number of halogens is 1. The third kappa shape index (κ3) is 3.57. The lowest BCUT2D eigenvalue weighted by Crippen LogP contribution is -2.19. The molecular formula is C17H21FN2S. The van der Waals surface area contributed by atoms with E-state index in [-0.39, 0.29) is 5.82 Å². The van der Waals surface area contributed by atoms with E-state index in [1.165, 1.54) is 17.0 Å². The highest BCUT2D eigenvalue weighted by atomic mass is 32.2. The van der Waals surface area contributed by atoms with E-state index in [1.54, 1.807) is 23.9 Å². The molecule has 112 valence electrons. The summed E-state index contributed by atoms with van der Waals surface area (Å²) in [5.74, 6) is 0.795. The van der Waals surface area contributed by atoms with Gasteiger partial charge in [0.25, 0.3) is 0 Å². The van der Waals surface area contributed by atoms with Gasteiger partial charge in [0.2, 0.25) is 0 Å². The quantitative estimate of drug-likeness (QED) is 0.794. The number of thioether (sulfide) groups is 1. The van der Waals surface area contributed by atoms with Gasteiger partial charge in [-0.3, -0.25) is 0 Å². The van der Waals surface area contributed by atoms with Crippen molar-refractivity contribution in [1.82, 2.24) is 0 Å². The molecule has 0 heterocycles. The Hall–Kier alpha value is -1.52. The molecule has 2 aromatic rings. The summed E-state index contributed by atoms with van der Waals surface area (Å²) >= 11 is 1.80. The number of nitrogens with two attached hydrogens (primary N) is 1. The highest BCUT2D eigenvalue weighted by Crippen LogP contribution is 2.34. The molecule has 0 unspecified atom stereocenters. The molecule has 0 aromatic heterocycles. The van der Waals surface area contributed by atoms with Gasteiger partial charge in [0.1, 0.15) is 5.82 Å². The Kier molecular flexibility index (Phi) is 5.65. The molecule has 2 aromatic carbocycles. The fraction of sp³-hybridized carbons (Fsp3) is 0.294. The molecule has 0 atom stereocenters. The average Bonchev–Trinajstić information content (AvgIpc) is 2.50. The lowest BCUT2D eigenvalue weighted by atomic mass is 10.1. The summed E-state index contributed by atoms with van der Waals surface area (Å²) in [7, 11) is 0. The van der Waals surface area contributed by atoms with Crippen LogP contribution in [0.25, 0.3) is 0 Å². The number of rotatable bonds is 6. The predicted molar refractivity (Wildman–Crippen MR) is 89.8 cm³/mol. The zero-order chi connectivity index (χ0) is 15.2. The summed E-state index contributed by atoms with van der Waals surface area (Å²) in [6, 6.07) is 12.8. The molecule has 0 fully saturated rings. The van der Waals surface area contributed by atoms with Crippen LogP contribution in [-0.4, -0.2) is 12.3 Å². The zero-order valence-corrected chi connectivity index (χ0v) is 13.3. The highest BCUT2D eigenvalue weighted by Gasteiger charge is 2.14. The SMILES string of the molecule is CCSc1cccc(N(CC)c2ccc(F)cc2)c1CN. The van der Waals surface area contributed by atoms with Crippen molar-refractivity contribution in [1.29, 1.82) is 0 Å². The van der Waals surface area contributed by atoms with Gasteiger partial charge in [0.15, 0.2) is 0 Å². The van der Waals surface area contributed by atoms with Crippen LogP contribution >= 0.6 is 11.8 Å². The van der Waals surface area contributed by atoms with E-state index in [9.17, 15) is 4.39 Å². The number of benzene rings is 2. The second kappa shape index (κ2) is 7.48. The second-order valence-corrected chi connectivity index (χ2v) is 5.92. The third-order valence-electron chi connectivity index (χ3n) is 3.36. The van der Waals surface area contributed by atoms with E-state index >= 15 is 0 Å². The summed E-state index contributed by atoms with van der Waals surface area (Å²) in [6.07, 6.45) is 0. The van der Waals surface area contributed by atoms with Crippen LogP contribution in [0.5, 0.6) is 0 Å². The maximum Gasteiger partial charge on any atom is 0.123 e. The van der Waals surface area contributed by atoms with Gasteiger partial charge in [-0.1, -0.05) is 13.0 Å².